The van der Waals surface area contributed by atoms with Crippen molar-refractivity contribution in [3.8, 4) is 0 Å². The molecule has 0 aliphatic heterocycles. The van der Waals surface area contributed by atoms with E-state index in [9.17, 15) is 14.4 Å². The lowest BCUT2D eigenvalue weighted by Gasteiger charge is -2.23. The molecule has 1 aromatic heterocycles. The molecule has 110 valence electrons. The van der Waals surface area contributed by atoms with Gasteiger partial charge in [-0.05, 0) is 18.4 Å². The van der Waals surface area contributed by atoms with Gasteiger partial charge in [-0.3, -0.25) is 14.4 Å². The largest absolute Gasteiger partial charge is 0.347 e. The van der Waals surface area contributed by atoms with E-state index >= 15 is 0 Å². The number of H-pyrrole nitrogens is 1. The molecule has 1 heterocycles. The molecule has 0 saturated carbocycles. The second-order valence-corrected chi connectivity index (χ2v) is 5.33. The molecule has 6 nitrogen and oxygen atoms in total. The Kier molecular flexibility index (Phi) is 5.49. The van der Waals surface area contributed by atoms with Crippen LogP contribution >= 0.6 is 0 Å². The molecule has 0 radical (unpaired) electrons. The molecule has 0 spiro atoms. The number of nitrogens with zero attached hydrogens (tertiary/aromatic N) is 1. The number of rotatable bonds is 5. The van der Waals surface area contributed by atoms with E-state index in [2.05, 4.69) is 10.3 Å². The van der Waals surface area contributed by atoms with Crippen molar-refractivity contribution < 1.29 is 9.59 Å². The molecule has 1 unspecified atom stereocenters. The van der Waals surface area contributed by atoms with Gasteiger partial charge < -0.3 is 15.2 Å². The highest BCUT2D eigenvalue weighted by Crippen LogP contribution is 2.08. The van der Waals surface area contributed by atoms with Crippen LogP contribution in [-0.4, -0.2) is 41.8 Å². The van der Waals surface area contributed by atoms with Gasteiger partial charge in [-0.1, -0.05) is 13.8 Å². The van der Waals surface area contributed by atoms with Gasteiger partial charge in [-0.25, -0.2) is 0 Å². The van der Waals surface area contributed by atoms with Crippen LogP contribution < -0.4 is 10.9 Å². The summed E-state index contributed by atoms with van der Waals surface area (Å²) in [6.45, 7) is 3.96. The molecular weight excluding hydrogens is 258 g/mol. The summed E-state index contributed by atoms with van der Waals surface area (Å²) in [7, 11) is 3.30. The number of aromatic amines is 1. The maximum absolute atomic E-state index is 12.1. The Bertz CT molecular complexity index is 534. The summed E-state index contributed by atoms with van der Waals surface area (Å²) >= 11 is 0. The highest BCUT2D eigenvalue weighted by molar-refractivity contribution is 5.97. The number of hydrogen-bond donors (Lipinski definition) is 2. The van der Waals surface area contributed by atoms with Crippen molar-refractivity contribution in [1.82, 2.24) is 15.2 Å². The standard InChI is InChI=1S/C14H21N3O3/c1-9(2)7-11(14(20)17(3)4)16-13(19)10-5-6-15-12(18)8-10/h5-6,8-9,11H,7H2,1-4H3,(H,15,18)(H,16,19). The van der Waals surface area contributed by atoms with Gasteiger partial charge in [-0.2, -0.15) is 0 Å². The van der Waals surface area contributed by atoms with E-state index in [0.717, 1.165) is 0 Å². The number of likely N-dealkylation sites (N-methyl/N-ethyl adjacent to an activating group) is 1. The molecule has 2 N–H and O–H groups in total. The van der Waals surface area contributed by atoms with Crippen LogP contribution in [0, 0.1) is 5.92 Å². The van der Waals surface area contributed by atoms with E-state index < -0.39 is 11.9 Å². The molecule has 0 aromatic carbocycles. The van der Waals surface area contributed by atoms with Gasteiger partial charge in [-0.15, -0.1) is 0 Å². The SMILES string of the molecule is CC(C)CC(NC(=O)c1cc[nH]c(=O)c1)C(=O)N(C)C. The van der Waals surface area contributed by atoms with Crippen LogP contribution in [0.15, 0.2) is 23.1 Å². The normalized spacial score (nSPS) is 12.1. The fraction of sp³-hybridized carbons (Fsp3) is 0.500. The number of carbonyl (C=O) groups is 2. The highest BCUT2D eigenvalue weighted by Gasteiger charge is 2.23. The van der Waals surface area contributed by atoms with Crippen molar-refractivity contribution in [3.63, 3.8) is 0 Å². The van der Waals surface area contributed by atoms with Crippen LogP contribution in [0.25, 0.3) is 0 Å². The summed E-state index contributed by atoms with van der Waals surface area (Å²) in [5, 5.41) is 2.69. The molecule has 0 aliphatic rings. The lowest BCUT2D eigenvalue weighted by molar-refractivity contribution is -0.131. The quantitative estimate of drug-likeness (QED) is 0.828. The summed E-state index contributed by atoms with van der Waals surface area (Å²) in [6.07, 6.45) is 1.95. The van der Waals surface area contributed by atoms with Gasteiger partial charge in [0.15, 0.2) is 0 Å². The van der Waals surface area contributed by atoms with Crippen LogP contribution in [0.5, 0.6) is 0 Å². The number of pyridine rings is 1. The van der Waals surface area contributed by atoms with E-state index in [1.54, 1.807) is 14.1 Å². The number of amides is 2. The number of nitrogens with one attached hydrogen (secondary N) is 2. The van der Waals surface area contributed by atoms with Crippen molar-refractivity contribution >= 4 is 11.8 Å². The van der Waals surface area contributed by atoms with E-state index in [4.69, 9.17) is 0 Å². The smallest absolute Gasteiger partial charge is 0.252 e. The molecule has 1 rings (SSSR count). The first kappa shape index (κ1) is 15.9. The maximum atomic E-state index is 12.1. The van der Waals surface area contributed by atoms with E-state index in [-0.39, 0.29) is 22.9 Å². The Balaban J connectivity index is 2.86. The van der Waals surface area contributed by atoms with E-state index in [0.29, 0.717) is 6.42 Å². The Morgan fingerprint density at radius 3 is 2.50 bits per heavy atom. The molecule has 6 heteroatoms. The minimum absolute atomic E-state index is 0.156. The maximum Gasteiger partial charge on any atom is 0.252 e. The number of aromatic nitrogens is 1. The Labute approximate surface area is 118 Å². The monoisotopic (exact) mass is 279 g/mol. The van der Waals surface area contributed by atoms with Gasteiger partial charge in [0.1, 0.15) is 6.04 Å². The third-order valence-electron chi connectivity index (χ3n) is 2.79. The van der Waals surface area contributed by atoms with Crippen LogP contribution in [0.2, 0.25) is 0 Å². The van der Waals surface area contributed by atoms with Gasteiger partial charge in [0, 0.05) is 31.9 Å². The lowest BCUT2D eigenvalue weighted by atomic mass is 10.0. The first-order chi connectivity index (χ1) is 9.31. The number of hydrogen-bond acceptors (Lipinski definition) is 3. The molecule has 1 atom stereocenters. The van der Waals surface area contributed by atoms with Crippen LogP contribution in [0.3, 0.4) is 0 Å². The molecule has 0 fully saturated rings. The average molecular weight is 279 g/mol. The topological polar surface area (TPSA) is 82.3 Å². The third-order valence-corrected chi connectivity index (χ3v) is 2.79. The molecule has 1 aromatic rings. The van der Waals surface area contributed by atoms with Crippen LogP contribution in [-0.2, 0) is 4.79 Å². The first-order valence-electron chi connectivity index (χ1n) is 6.52. The van der Waals surface area contributed by atoms with E-state index in [1.807, 2.05) is 13.8 Å². The van der Waals surface area contributed by atoms with Crippen LogP contribution in [0.4, 0.5) is 0 Å². The molecule has 2 amide bonds. The average Bonchev–Trinajstić information content (AvgIpc) is 2.36. The summed E-state index contributed by atoms with van der Waals surface area (Å²) in [5.41, 5.74) is -0.106. The molecule has 0 saturated heterocycles. The Morgan fingerprint density at radius 1 is 1.35 bits per heavy atom. The Hall–Kier alpha value is -2.11. The summed E-state index contributed by atoms with van der Waals surface area (Å²) in [4.78, 5) is 39.2. The molecular formula is C14H21N3O3. The minimum Gasteiger partial charge on any atom is -0.347 e. The zero-order valence-electron chi connectivity index (χ0n) is 12.3. The first-order valence-corrected chi connectivity index (χ1v) is 6.52. The predicted octanol–water partition coefficient (Wildman–Crippen LogP) is 0.608. The van der Waals surface area contributed by atoms with Crippen LogP contribution in [0.1, 0.15) is 30.6 Å². The van der Waals surface area contributed by atoms with Crippen molar-refractivity contribution in [2.45, 2.75) is 26.3 Å². The zero-order chi connectivity index (χ0) is 15.3. The molecule has 0 aliphatic carbocycles. The van der Waals surface area contributed by atoms with E-state index in [1.165, 1.54) is 23.2 Å². The van der Waals surface area contributed by atoms with Crippen molar-refractivity contribution in [2.75, 3.05) is 14.1 Å². The number of carbonyl (C=O) groups excluding carboxylic acids is 2. The van der Waals surface area contributed by atoms with Gasteiger partial charge in [0.2, 0.25) is 11.5 Å². The Morgan fingerprint density at radius 2 is 2.00 bits per heavy atom. The van der Waals surface area contributed by atoms with Crippen molar-refractivity contribution in [1.29, 1.82) is 0 Å². The summed E-state index contributed by atoms with van der Waals surface area (Å²) in [6, 6.07) is 2.13. The lowest BCUT2D eigenvalue weighted by Crippen LogP contribution is -2.47. The van der Waals surface area contributed by atoms with Gasteiger partial charge >= 0.3 is 0 Å². The molecule has 0 bridgehead atoms. The highest BCUT2D eigenvalue weighted by atomic mass is 16.2. The summed E-state index contributed by atoms with van der Waals surface area (Å²) in [5.74, 6) is -0.308. The predicted molar refractivity (Wildman–Crippen MR) is 76.5 cm³/mol. The fourth-order valence-corrected chi connectivity index (χ4v) is 1.83. The second kappa shape index (κ2) is 6.88. The van der Waals surface area contributed by atoms with Crippen molar-refractivity contribution in [2.24, 2.45) is 5.92 Å². The third kappa shape index (κ3) is 4.53. The summed E-state index contributed by atoms with van der Waals surface area (Å²) < 4.78 is 0. The van der Waals surface area contributed by atoms with Crippen molar-refractivity contribution in [3.05, 3.63) is 34.2 Å². The van der Waals surface area contributed by atoms with Gasteiger partial charge in [0.05, 0.1) is 0 Å². The molecule has 20 heavy (non-hydrogen) atoms. The minimum atomic E-state index is -0.586. The zero-order valence-corrected chi connectivity index (χ0v) is 12.3. The van der Waals surface area contributed by atoms with Gasteiger partial charge in [0.25, 0.3) is 5.91 Å². The second-order valence-electron chi connectivity index (χ2n) is 5.33. The fourth-order valence-electron chi connectivity index (χ4n) is 1.83.